The average Bonchev–Trinajstić information content (AvgIpc) is 3.15. The Morgan fingerprint density at radius 3 is 2.71 bits per heavy atom. The van der Waals surface area contributed by atoms with Crippen LogP contribution in [-0.2, 0) is 0 Å². The highest BCUT2D eigenvalue weighted by molar-refractivity contribution is 7.99. The van der Waals surface area contributed by atoms with Crippen LogP contribution in [0.3, 0.4) is 0 Å². The van der Waals surface area contributed by atoms with Crippen molar-refractivity contribution in [1.82, 2.24) is 45.6 Å². The van der Waals surface area contributed by atoms with Crippen LogP contribution in [0.2, 0.25) is 0 Å². The molecule has 2 aliphatic carbocycles. The number of anilines is 2. The van der Waals surface area contributed by atoms with E-state index in [0.717, 1.165) is 18.6 Å². The number of tetrazole rings is 1. The van der Waals surface area contributed by atoms with Crippen molar-refractivity contribution in [2.45, 2.75) is 55.5 Å². The minimum atomic E-state index is -0.961. The molecule has 2 fully saturated rings. The number of H-pyrrole nitrogens is 1. The van der Waals surface area contributed by atoms with Crippen LogP contribution in [-0.4, -0.2) is 73.8 Å². The van der Waals surface area contributed by atoms with Crippen LogP contribution >= 0.6 is 11.8 Å². The number of rotatable bonds is 8. The summed E-state index contributed by atoms with van der Waals surface area (Å²) >= 11 is 1.52. The highest BCUT2D eigenvalue weighted by Crippen LogP contribution is 2.57. The molecule has 6 rings (SSSR count). The minimum absolute atomic E-state index is 0.0212. The van der Waals surface area contributed by atoms with Gasteiger partial charge in [0.15, 0.2) is 22.1 Å². The second-order valence-corrected chi connectivity index (χ2v) is 10.2. The number of aliphatic hydroxyl groups is 2. The zero-order valence-electron chi connectivity index (χ0n) is 19.1. The molecule has 0 bridgehead atoms. The number of benzene rings is 1. The summed E-state index contributed by atoms with van der Waals surface area (Å²) in [6.45, 7) is 2.09. The lowest BCUT2D eigenvalue weighted by molar-refractivity contribution is 0.000864. The van der Waals surface area contributed by atoms with Crippen molar-refractivity contribution in [3.8, 4) is 0 Å². The molecular formula is C22H26N10O2S. The molecule has 0 amide bonds. The van der Waals surface area contributed by atoms with E-state index < -0.39 is 18.2 Å². The molecule has 0 aliphatic heterocycles. The Morgan fingerprint density at radius 1 is 1.09 bits per heavy atom. The molecule has 182 valence electrons. The Morgan fingerprint density at radius 2 is 1.94 bits per heavy atom. The maximum atomic E-state index is 11.0. The highest BCUT2D eigenvalue weighted by atomic mass is 32.2. The Bertz CT molecular complexity index is 1300. The number of hydrogen-bond donors (Lipinski definition) is 4. The molecular weight excluding hydrogens is 468 g/mol. The fraction of sp³-hybridized carbons (Fsp3) is 0.500. The van der Waals surface area contributed by atoms with E-state index in [0.29, 0.717) is 40.4 Å². The standard InChI is InChI=1S/C22H26N10O2S/c1-2-8-35-22-24-19(23-21-27-29-30-28-21)16-20(25-22)32(31-26-16)15-10-14(17(33)18(15)34)13-9-12(13)11-6-4-3-5-7-11/h3-7,12-15,17-18,33-34H,2,8-10H2,1H3,(H2,23,24,25,27,28,29,30)/t12-,13?,14+,15+,17+,18-/m0/s1. The lowest BCUT2D eigenvalue weighted by Gasteiger charge is -2.17. The molecule has 1 aromatic carbocycles. The van der Waals surface area contributed by atoms with Crippen LogP contribution < -0.4 is 5.32 Å². The fourth-order valence-electron chi connectivity index (χ4n) is 5.18. The zero-order chi connectivity index (χ0) is 23.9. The van der Waals surface area contributed by atoms with Crippen LogP contribution in [0.4, 0.5) is 11.8 Å². The third kappa shape index (κ3) is 4.13. The van der Waals surface area contributed by atoms with Crippen LogP contribution in [0.1, 0.15) is 43.7 Å². The zero-order valence-corrected chi connectivity index (χ0v) is 19.9. The Kier molecular flexibility index (Phi) is 5.82. The van der Waals surface area contributed by atoms with Gasteiger partial charge in [-0.2, -0.15) is 5.21 Å². The quantitative estimate of drug-likeness (QED) is 0.209. The van der Waals surface area contributed by atoms with Gasteiger partial charge in [-0.15, -0.1) is 10.2 Å². The van der Waals surface area contributed by atoms with Gasteiger partial charge in [-0.05, 0) is 47.8 Å². The van der Waals surface area contributed by atoms with Gasteiger partial charge in [0.05, 0.1) is 12.1 Å². The predicted molar refractivity (Wildman–Crippen MR) is 128 cm³/mol. The first-order valence-electron chi connectivity index (χ1n) is 11.8. The fourth-order valence-corrected chi connectivity index (χ4v) is 5.88. The molecule has 0 spiro atoms. The van der Waals surface area contributed by atoms with Crippen LogP contribution in [0, 0.1) is 11.8 Å². The molecule has 2 aliphatic rings. The van der Waals surface area contributed by atoms with Crippen molar-refractivity contribution in [3.63, 3.8) is 0 Å². The summed E-state index contributed by atoms with van der Waals surface area (Å²) < 4.78 is 1.64. The van der Waals surface area contributed by atoms with Crippen molar-refractivity contribution in [2.75, 3.05) is 11.1 Å². The first kappa shape index (κ1) is 22.3. The van der Waals surface area contributed by atoms with Crippen LogP contribution in [0.25, 0.3) is 11.2 Å². The number of nitrogens with zero attached hydrogens (tertiary/aromatic N) is 8. The van der Waals surface area contributed by atoms with Crippen molar-refractivity contribution < 1.29 is 10.2 Å². The lowest BCUT2D eigenvalue weighted by atomic mass is 9.95. The first-order chi connectivity index (χ1) is 17.1. The first-order valence-corrected chi connectivity index (χ1v) is 12.8. The van der Waals surface area contributed by atoms with Crippen molar-refractivity contribution >= 4 is 34.7 Å². The maximum absolute atomic E-state index is 11.0. The summed E-state index contributed by atoms with van der Waals surface area (Å²) in [7, 11) is 0. The van der Waals surface area contributed by atoms with E-state index in [9.17, 15) is 10.2 Å². The van der Waals surface area contributed by atoms with E-state index in [2.05, 4.69) is 60.3 Å². The van der Waals surface area contributed by atoms with Gasteiger partial charge in [-0.3, -0.25) is 0 Å². The monoisotopic (exact) mass is 494 g/mol. The number of hydrogen-bond acceptors (Lipinski definition) is 11. The average molecular weight is 495 g/mol. The Hall–Kier alpha value is -3.16. The van der Waals surface area contributed by atoms with Crippen molar-refractivity contribution in [2.24, 2.45) is 11.8 Å². The maximum Gasteiger partial charge on any atom is 0.268 e. The third-order valence-corrected chi connectivity index (χ3v) is 8.00. The second-order valence-electron chi connectivity index (χ2n) is 9.13. The molecule has 3 heterocycles. The van der Waals surface area contributed by atoms with Gasteiger partial charge in [0, 0.05) is 5.75 Å². The largest absolute Gasteiger partial charge is 0.390 e. The molecule has 1 unspecified atom stereocenters. The smallest absolute Gasteiger partial charge is 0.268 e. The highest BCUT2D eigenvalue weighted by Gasteiger charge is 2.54. The van der Waals surface area contributed by atoms with Gasteiger partial charge in [0.25, 0.3) is 5.95 Å². The van der Waals surface area contributed by atoms with Gasteiger partial charge in [-0.1, -0.05) is 59.3 Å². The topological polar surface area (TPSA) is 163 Å². The SMILES string of the molecule is CCCSc1nc(Nc2nn[nH]n2)c2nnn([C@@H]3C[C@H](C4C[C@H]4c4ccccc4)[C@@H](O)[C@H]3O)c2n1. The van der Waals surface area contributed by atoms with Gasteiger partial charge in [0.2, 0.25) is 0 Å². The van der Waals surface area contributed by atoms with E-state index in [1.807, 2.05) is 18.2 Å². The van der Waals surface area contributed by atoms with Crippen molar-refractivity contribution in [3.05, 3.63) is 35.9 Å². The molecule has 12 nitrogen and oxygen atoms in total. The number of fused-ring (bicyclic) bond motifs is 1. The summed E-state index contributed by atoms with van der Waals surface area (Å²) in [6.07, 6.45) is 0.797. The molecule has 2 saturated carbocycles. The second kappa shape index (κ2) is 9.13. The molecule has 0 saturated heterocycles. The normalized spacial score (nSPS) is 28.0. The Labute approximate surface area is 204 Å². The summed E-state index contributed by atoms with van der Waals surface area (Å²) in [4.78, 5) is 9.28. The summed E-state index contributed by atoms with van der Waals surface area (Å²) in [5, 5.41) is 48.1. The van der Waals surface area contributed by atoms with E-state index in [1.165, 1.54) is 17.3 Å². The number of nitrogens with one attached hydrogen (secondary N) is 2. The number of aromatic nitrogens is 9. The summed E-state index contributed by atoms with van der Waals surface area (Å²) in [5.41, 5.74) is 2.22. The van der Waals surface area contributed by atoms with Crippen LogP contribution in [0.5, 0.6) is 0 Å². The molecule has 4 N–H and O–H groups in total. The molecule has 6 atom stereocenters. The molecule has 4 aromatic rings. The van der Waals surface area contributed by atoms with E-state index >= 15 is 0 Å². The molecule has 13 heteroatoms. The van der Waals surface area contributed by atoms with Gasteiger partial charge < -0.3 is 15.5 Å². The lowest BCUT2D eigenvalue weighted by Crippen LogP contribution is -2.30. The predicted octanol–water partition coefficient (Wildman–Crippen LogP) is 2.07. The summed E-state index contributed by atoms with van der Waals surface area (Å²) in [5.74, 6) is 2.25. The molecule has 0 radical (unpaired) electrons. The van der Waals surface area contributed by atoms with Crippen molar-refractivity contribution in [1.29, 1.82) is 0 Å². The van der Waals surface area contributed by atoms with E-state index in [1.54, 1.807) is 4.68 Å². The number of aliphatic hydroxyl groups excluding tert-OH is 2. The van der Waals surface area contributed by atoms with E-state index in [4.69, 9.17) is 4.98 Å². The van der Waals surface area contributed by atoms with Gasteiger partial charge in [0.1, 0.15) is 6.10 Å². The van der Waals surface area contributed by atoms with Gasteiger partial charge >= 0.3 is 0 Å². The van der Waals surface area contributed by atoms with Gasteiger partial charge in [-0.25, -0.2) is 14.6 Å². The van der Waals surface area contributed by atoms with Crippen LogP contribution in [0.15, 0.2) is 35.5 Å². The molecule has 35 heavy (non-hydrogen) atoms. The summed E-state index contributed by atoms with van der Waals surface area (Å²) in [6, 6.07) is 9.93. The number of thioether (sulfide) groups is 1. The third-order valence-electron chi connectivity index (χ3n) is 6.94. The van der Waals surface area contributed by atoms with E-state index in [-0.39, 0.29) is 11.9 Å². The Balaban J connectivity index is 1.31. The molecule has 3 aromatic heterocycles. The number of aromatic amines is 1. The minimum Gasteiger partial charge on any atom is -0.390 e.